The quantitative estimate of drug-likeness (QED) is 0.541. The molecule has 0 aliphatic carbocycles. The minimum Gasteiger partial charge on any atom is -0.350 e. The van der Waals surface area contributed by atoms with Crippen LogP contribution in [0.2, 0.25) is 0 Å². The molecule has 4 nitrogen and oxygen atoms in total. The summed E-state index contributed by atoms with van der Waals surface area (Å²) in [6, 6.07) is 15.4. The zero-order chi connectivity index (χ0) is 15.5. The van der Waals surface area contributed by atoms with Gasteiger partial charge in [-0.3, -0.25) is 4.79 Å². The van der Waals surface area contributed by atoms with Crippen LogP contribution in [0, 0.1) is 6.92 Å². The molecular formula is C17H14BrN3O. The predicted octanol–water partition coefficient (Wildman–Crippen LogP) is 4.00. The van der Waals surface area contributed by atoms with Gasteiger partial charge in [0, 0.05) is 15.4 Å². The summed E-state index contributed by atoms with van der Waals surface area (Å²) in [7, 11) is 0. The van der Waals surface area contributed by atoms with Gasteiger partial charge in [0.15, 0.2) is 0 Å². The third-order valence-electron chi connectivity index (χ3n) is 3.36. The Bertz CT molecular complexity index is 850. The molecule has 0 spiro atoms. The fourth-order valence-electron chi connectivity index (χ4n) is 2.20. The van der Waals surface area contributed by atoms with Crippen LogP contribution in [-0.2, 0) is 0 Å². The van der Waals surface area contributed by atoms with Crippen molar-refractivity contribution in [1.29, 1.82) is 0 Å². The first-order valence-electron chi connectivity index (χ1n) is 6.81. The van der Waals surface area contributed by atoms with Crippen molar-refractivity contribution in [3.63, 3.8) is 0 Å². The van der Waals surface area contributed by atoms with Crippen LogP contribution in [0.15, 0.2) is 58.1 Å². The van der Waals surface area contributed by atoms with Crippen LogP contribution in [0.5, 0.6) is 0 Å². The fourth-order valence-corrected chi connectivity index (χ4v) is 2.47. The summed E-state index contributed by atoms with van der Waals surface area (Å²) in [5.74, 6) is -0.260. The lowest BCUT2D eigenvalue weighted by Gasteiger charge is -1.97. The molecule has 1 heterocycles. The molecule has 0 saturated carbocycles. The minimum atomic E-state index is -0.260. The Kier molecular flexibility index (Phi) is 4.06. The molecule has 1 aromatic heterocycles. The number of nitrogens with zero attached hydrogens (tertiary/aromatic N) is 1. The van der Waals surface area contributed by atoms with E-state index in [1.807, 2.05) is 55.5 Å². The Labute approximate surface area is 136 Å². The second-order valence-electron chi connectivity index (χ2n) is 4.97. The van der Waals surface area contributed by atoms with E-state index in [9.17, 15) is 4.79 Å². The highest BCUT2D eigenvalue weighted by molar-refractivity contribution is 9.10. The van der Waals surface area contributed by atoms with E-state index >= 15 is 0 Å². The largest absolute Gasteiger partial charge is 0.350 e. The van der Waals surface area contributed by atoms with Crippen molar-refractivity contribution in [1.82, 2.24) is 10.4 Å². The molecule has 2 aromatic carbocycles. The van der Waals surface area contributed by atoms with Crippen molar-refractivity contribution in [2.24, 2.45) is 5.10 Å². The van der Waals surface area contributed by atoms with E-state index in [2.05, 4.69) is 31.4 Å². The van der Waals surface area contributed by atoms with Crippen molar-refractivity contribution >= 4 is 39.0 Å². The monoisotopic (exact) mass is 355 g/mol. The van der Waals surface area contributed by atoms with E-state index < -0.39 is 0 Å². The number of halogens is 1. The van der Waals surface area contributed by atoms with Gasteiger partial charge >= 0.3 is 0 Å². The molecule has 0 aliphatic heterocycles. The van der Waals surface area contributed by atoms with Crippen LogP contribution in [0.3, 0.4) is 0 Å². The molecule has 110 valence electrons. The van der Waals surface area contributed by atoms with Crippen LogP contribution in [0.4, 0.5) is 0 Å². The molecule has 5 heteroatoms. The number of aromatic amines is 1. The zero-order valence-corrected chi connectivity index (χ0v) is 13.5. The maximum absolute atomic E-state index is 12.1. The van der Waals surface area contributed by atoms with Gasteiger partial charge in [0.05, 0.1) is 6.21 Å². The van der Waals surface area contributed by atoms with Gasteiger partial charge in [0.25, 0.3) is 5.91 Å². The molecular weight excluding hydrogens is 342 g/mol. The van der Waals surface area contributed by atoms with Gasteiger partial charge < -0.3 is 4.98 Å². The molecule has 1 amide bonds. The zero-order valence-electron chi connectivity index (χ0n) is 11.9. The molecule has 3 rings (SSSR count). The lowest BCUT2D eigenvalue weighted by Crippen LogP contribution is -2.17. The van der Waals surface area contributed by atoms with Crippen LogP contribution >= 0.6 is 15.9 Å². The Morgan fingerprint density at radius 1 is 1.23 bits per heavy atom. The van der Waals surface area contributed by atoms with E-state index in [1.54, 1.807) is 6.21 Å². The van der Waals surface area contributed by atoms with Gasteiger partial charge in [-0.1, -0.05) is 46.3 Å². The standard InChI is InChI=1S/C17H14BrN3O/c1-11-3-2-4-13-9-15(20-16(11)13)17(22)21-19-10-12-5-7-14(18)8-6-12/h2-10,20H,1H3,(H,21,22)/b19-10+. The second-order valence-corrected chi connectivity index (χ2v) is 5.89. The predicted molar refractivity (Wildman–Crippen MR) is 92.2 cm³/mol. The summed E-state index contributed by atoms with van der Waals surface area (Å²) < 4.78 is 1.00. The third-order valence-corrected chi connectivity index (χ3v) is 3.89. The van der Waals surface area contributed by atoms with Crippen molar-refractivity contribution < 1.29 is 4.79 Å². The fraction of sp³-hybridized carbons (Fsp3) is 0.0588. The molecule has 3 aromatic rings. The van der Waals surface area contributed by atoms with E-state index in [-0.39, 0.29) is 5.91 Å². The Hall–Kier alpha value is -2.40. The number of H-pyrrole nitrogens is 1. The maximum Gasteiger partial charge on any atom is 0.287 e. The van der Waals surface area contributed by atoms with Gasteiger partial charge in [-0.05, 0) is 36.2 Å². The number of carbonyl (C=O) groups is 1. The molecule has 0 fully saturated rings. The summed E-state index contributed by atoms with van der Waals surface area (Å²) >= 11 is 3.37. The SMILES string of the molecule is Cc1cccc2cc(C(=O)N/N=C/c3ccc(Br)cc3)[nH]c12. The molecule has 22 heavy (non-hydrogen) atoms. The lowest BCUT2D eigenvalue weighted by molar-refractivity contribution is 0.0951. The number of benzene rings is 2. The molecule has 0 aliphatic rings. The van der Waals surface area contributed by atoms with E-state index in [0.717, 1.165) is 26.5 Å². The highest BCUT2D eigenvalue weighted by atomic mass is 79.9. The molecule has 0 atom stereocenters. The Morgan fingerprint density at radius 2 is 2.00 bits per heavy atom. The van der Waals surface area contributed by atoms with Gasteiger partial charge in [-0.25, -0.2) is 5.43 Å². The number of hydrogen-bond acceptors (Lipinski definition) is 2. The normalized spacial score (nSPS) is 11.2. The van der Waals surface area contributed by atoms with E-state index in [4.69, 9.17) is 0 Å². The number of aryl methyl sites for hydroxylation is 1. The van der Waals surface area contributed by atoms with Gasteiger partial charge in [0.2, 0.25) is 0 Å². The second kappa shape index (κ2) is 6.15. The number of para-hydroxylation sites is 1. The van der Waals surface area contributed by atoms with E-state index in [0.29, 0.717) is 5.69 Å². The molecule has 0 saturated heterocycles. The average Bonchev–Trinajstić information content (AvgIpc) is 2.95. The third kappa shape index (κ3) is 3.09. The number of nitrogens with one attached hydrogen (secondary N) is 2. The number of aromatic nitrogens is 1. The summed E-state index contributed by atoms with van der Waals surface area (Å²) in [6.07, 6.45) is 1.61. The first-order valence-corrected chi connectivity index (χ1v) is 7.60. The van der Waals surface area contributed by atoms with Crippen molar-refractivity contribution in [2.45, 2.75) is 6.92 Å². The summed E-state index contributed by atoms with van der Waals surface area (Å²) in [5.41, 5.74) is 6.02. The average molecular weight is 356 g/mol. The Balaban J connectivity index is 1.73. The summed E-state index contributed by atoms with van der Waals surface area (Å²) in [5, 5.41) is 5.00. The highest BCUT2D eigenvalue weighted by Gasteiger charge is 2.09. The first-order chi connectivity index (χ1) is 10.6. The highest BCUT2D eigenvalue weighted by Crippen LogP contribution is 2.18. The van der Waals surface area contributed by atoms with Crippen molar-refractivity contribution in [2.75, 3.05) is 0 Å². The maximum atomic E-state index is 12.1. The first kappa shape index (κ1) is 14.5. The van der Waals surface area contributed by atoms with Crippen LogP contribution in [-0.4, -0.2) is 17.1 Å². The van der Waals surface area contributed by atoms with Crippen LogP contribution < -0.4 is 5.43 Å². The molecule has 0 unspecified atom stereocenters. The molecule has 2 N–H and O–H groups in total. The van der Waals surface area contributed by atoms with Crippen molar-refractivity contribution in [3.8, 4) is 0 Å². The lowest BCUT2D eigenvalue weighted by atomic mass is 10.2. The number of hydrogen-bond donors (Lipinski definition) is 2. The molecule has 0 bridgehead atoms. The summed E-state index contributed by atoms with van der Waals surface area (Å²) in [6.45, 7) is 2.01. The minimum absolute atomic E-state index is 0.260. The smallest absolute Gasteiger partial charge is 0.287 e. The van der Waals surface area contributed by atoms with Crippen molar-refractivity contribution in [3.05, 3.63) is 69.8 Å². The number of carbonyl (C=O) groups excluding carboxylic acids is 1. The van der Waals surface area contributed by atoms with Gasteiger partial charge in [-0.15, -0.1) is 0 Å². The number of fused-ring (bicyclic) bond motifs is 1. The van der Waals surface area contributed by atoms with Crippen LogP contribution in [0.1, 0.15) is 21.6 Å². The van der Waals surface area contributed by atoms with Gasteiger partial charge in [-0.2, -0.15) is 5.10 Å². The number of rotatable bonds is 3. The van der Waals surface area contributed by atoms with Gasteiger partial charge in [0.1, 0.15) is 5.69 Å². The number of hydrazone groups is 1. The summed E-state index contributed by atoms with van der Waals surface area (Å²) in [4.78, 5) is 15.2. The number of amides is 1. The molecule has 0 radical (unpaired) electrons. The van der Waals surface area contributed by atoms with Crippen LogP contribution in [0.25, 0.3) is 10.9 Å². The van der Waals surface area contributed by atoms with E-state index in [1.165, 1.54) is 0 Å². The Morgan fingerprint density at radius 3 is 2.73 bits per heavy atom. The topological polar surface area (TPSA) is 57.2 Å².